The molecule has 2 heteroatoms. The van der Waals surface area contributed by atoms with E-state index in [1.54, 1.807) is 0 Å². The monoisotopic (exact) mass is 161 g/mol. The molecule has 12 heavy (non-hydrogen) atoms. The van der Waals surface area contributed by atoms with Crippen molar-refractivity contribution < 1.29 is 4.79 Å². The average Bonchev–Trinajstić information content (AvgIpc) is 2.47. The molecule has 0 saturated heterocycles. The Morgan fingerprint density at radius 1 is 1.50 bits per heavy atom. The fourth-order valence-electron chi connectivity index (χ4n) is 1.47. The summed E-state index contributed by atoms with van der Waals surface area (Å²) in [4.78, 5) is 11.3. The lowest BCUT2D eigenvalue weighted by molar-refractivity contribution is 0.101. The van der Waals surface area contributed by atoms with Crippen LogP contribution in [0, 0.1) is 0 Å². The van der Waals surface area contributed by atoms with Gasteiger partial charge in [0.15, 0.2) is 5.78 Å². The molecular weight excluding hydrogens is 150 g/mol. The molecule has 0 amide bonds. The topological polar surface area (TPSA) is 29.1 Å². The lowest BCUT2D eigenvalue weighted by Gasteiger charge is -1.99. The van der Waals surface area contributed by atoms with E-state index in [-0.39, 0.29) is 5.78 Å². The Kier molecular flexibility index (Phi) is 1.61. The van der Waals surface area contributed by atoms with Crippen LogP contribution in [0.3, 0.4) is 0 Å². The predicted octanol–water partition coefficient (Wildman–Crippen LogP) is 1.86. The van der Waals surface area contributed by atoms with Gasteiger partial charge in [-0.2, -0.15) is 0 Å². The van der Waals surface area contributed by atoms with E-state index < -0.39 is 0 Å². The first-order valence-corrected chi connectivity index (χ1v) is 4.21. The van der Waals surface area contributed by atoms with E-state index in [9.17, 15) is 4.79 Å². The Morgan fingerprint density at radius 3 is 3.08 bits per heavy atom. The molecule has 62 valence electrons. The summed E-state index contributed by atoms with van der Waals surface area (Å²) in [5.74, 6) is 0.209. The van der Waals surface area contributed by atoms with Gasteiger partial charge in [0.25, 0.3) is 0 Å². The van der Waals surface area contributed by atoms with Gasteiger partial charge in [0.2, 0.25) is 0 Å². The van der Waals surface area contributed by atoms with Gasteiger partial charge in [-0.15, -0.1) is 0 Å². The van der Waals surface area contributed by atoms with Crippen LogP contribution < -0.4 is 5.32 Å². The molecule has 1 aliphatic rings. The Balaban J connectivity index is 2.50. The van der Waals surface area contributed by atoms with Gasteiger partial charge >= 0.3 is 0 Å². The van der Waals surface area contributed by atoms with Crippen molar-refractivity contribution in [2.75, 3.05) is 11.9 Å². The maximum Gasteiger partial charge on any atom is 0.183 e. The molecule has 0 unspecified atom stereocenters. The number of rotatable bonds is 1. The smallest absolute Gasteiger partial charge is 0.183 e. The summed E-state index contributed by atoms with van der Waals surface area (Å²) in [6.07, 6.45) is 0.987. The molecule has 2 rings (SSSR count). The number of fused-ring (bicyclic) bond motifs is 1. The molecule has 0 bridgehead atoms. The summed E-state index contributed by atoms with van der Waals surface area (Å²) in [5.41, 5.74) is 3.07. The van der Waals surface area contributed by atoms with Gasteiger partial charge in [-0.25, -0.2) is 0 Å². The van der Waals surface area contributed by atoms with E-state index in [2.05, 4.69) is 18.3 Å². The first-order chi connectivity index (χ1) is 5.81. The van der Waals surface area contributed by atoms with Gasteiger partial charge in [0, 0.05) is 11.3 Å². The van der Waals surface area contributed by atoms with Crippen molar-refractivity contribution in [1.29, 1.82) is 0 Å². The van der Waals surface area contributed by atoms with Gasteiger partial charge in [0.1, 0.15) is 0 Å². The van der Waals surface area contributed by atoms with Crippen molar-refractivity contribution in [2.24, 2.45) is 0 Å². The zero-order valence-corrected chi connectivity index (χ0v) is 7.05. The summed E-state index contributed by atoms with van der Waals surface area (Å²) in [6.45, 7) is 2.55. The number of hydrogen-bond acceptors (Lipinski definition) is 2. The van der Waals surface area contributed by atoms with Gasteiger partial charge in [-0.1, -0.05) is 13.0 Å². The molecule has 1 aromatic rings. The van der Waals surface area contributed by atoms with Gasteiger partial charge in [-0.05, 0) is 24.1 Å². The standard InChI is InChI=1S/C10H11NO/c1-2-7-3-4-9-8(5-7)10(12)6-11-9/h3-5,11H,2,6H2,1H3. The molecule has 0 spiro atoms. The van der Waals surface area contributed by atoms with E-state index in [1.807, 2.05) is 12.1 Å². The highest BCUT2D eigenvalue weighted by Gasteiger charge is 2.17. The fraction of sp³-hybridized carbons (Fsp3) is 0.300. The fourth-order valence-corrected chi connectivity index (χ4v) is 1.47. The van der Waals surface area contributed by atoms with Crippen LogP contribution >= 0.6 is 0 Å². The van der Waals surface area contributed by atoms with Crippen molar-refractivity contribution in [3.8, 4) is 0 Å². The van der Waals surface area contributed by atoms with Crippen LogP contribution in [0.2, 0.25) is 0 Å². The number of Topliss-reactive ketones (excluding diaryl/α,β-unsaturated/α-hetero) is 1. The van der Waals surface area contributed by atoms with Crippen LogP contribution in [-0.4, -0.2) is 12.3 Å². The molecular formula is C10H11NO. The predicted molar refractivity (Wildman–Crippen MR) is 48.6 cm³/mol. The maximum absolute atomic E-state index is 11.3. The van der Waals surface area contributed by atoms with Crippen molar-refractivity contribution in [2.45, 2.75) is 13.3 Å². The van der Waals surface area contributed by atoms with E-state index in [0.29, 0.717) is 6.54 Å². The summed E-state index contributed by atoms with van der Waals surface area (Å²) < 4.78 is 0. The second-order valence-corrected chi connectivity index (χ2v) is 3.01. The summed E-state index contributed by atoms with van der Waals surface area (Å²) in [7, 11) is 0. The Labute approximate surface area is 71.6 Å². The van der Waals surface area contributed by atoms with Crippen LogP contribution in [0.15, 0.2) is 18.2 Å². The Morgan fingerprint density at radius 2 is 2.33 bits per heavy atom. The summed E-state index contributed by atoms with van der Waals surface area (Å²) >= 11 is 0. The second-order valence-electron chi connectivity index (χ2n) is 3.01. The lowest BCUT2D eigenvalue weighted by Crippen LogP contribution is -2.00. The molecule has 1 aliphatic heterocycles. The zero-order valence-electron chi connectivity index (χ0n) is 7.05. The number of hydrogen-bond donors (Lipinski definition) is 1. The van der Waals surface area contributed by atoms with E-state index in [4.69, 9.17) is 0 Å². The molecule has 0 fully saturated rings. The third-order valence-corrected chi connectivity index (χ3v) is 2.23. The van der Waals surface area contributed by atoms with E-state index in [1.165, 1.54) is 5.56 Å². The minimum Gasteiger partial charge on any atom is -0.377 e. The zero-order chi connectivity index (χ0) is 8.55. The van der Waals surface area contributed by atoms with Gasteiger partial charge in [0.05, 0.1) is 6.54 Å². The van der Waals surface area contributed by atoms with Gasteiger partial charge in [-0.3, -0.25) is 4.79 Å². The molecule has 1 N–H and O–H groups in total. The number of anilines is 1. The van der Waals surface area contributed by atoms with Crippen LogP contribution in [-0.2, 0) is 6.42 Å². The quantitative estimate of drug-likeness (QED) is 0.681. The summed E-state index contributed by atoms with van der Waals surface area (Å²) in [6, 6.07) is 6.03. The highest BCUT2D eigenvalue weighted by Crippen LogP contribution is 2.22. The van der Waals surface area contributed by atoms with Crippen molar-refractivity contribution in [1.82, 2.24) is 0 Å². The number of carbonyl (C=O) groups excluding carboxylic acids is 1. The number of aryl methyl sites for hydroxylation is 1. The Bertz CT molecular complexity index is 331. The average molecular weight is 161 g/mol. The third-order valence-electron chi connectivity index (χ3n) is 2.23. The van der Waals surface area contributed by atoms with E-state index >= 15 is 0 Å². The minimum atomic E-state index is 0.209. The first kappa shape index (κ1) is 7.35. The molecule has 0 aromatic heterocycles. The normalized spacial score (nSPS) is 14.2. The lowest BCUT2D eigenvalue weighted by atomic mass is 10.1. The second kappa shape index (κ2) is 2.63. The molecule has 0 radical (unpaired) electrons. The van der Waals surface area contributed by atoms with E-state index in [0.717, 1.165) is 17.7 Å². The van der Waals surface area contributed by atoms with Crippen LogP contribution in [0.4, 0.5) is 5.69 Å². The maximum atomic E-state index is 11.3. The highest BCUT2D eigenvalue weighted by atomic mass is 16.1. The summed E-state index contributed by atoms with van der Waals surface area (Å²) in [5, 5.41) is 3.05. The number of nitrogens with one attached hydrogen (secondary N) is 1. The molecule has 1 aromatic carbocycles. The molecule has 0 saturated carbocycles. The van der Waals surface area contributed by atoms with Crippen LogP contribution in [0.1, 0.15) is 22.8 Å². The first-order valence-electron chi connectivity index (χ1n) is 4.21. The number of benzene rings is 1. The van der Waals surface area contributed by atoms with Gasteiger partial charge < -0.3 is 5.32 Å². The molecule has 1 heterocycles. The van der Waals surface area contributed by atoms with Crippen LogP contribution in [0.5, 0.6) is 0 Å². The Hall–Kier alpha value is -1.31. The molecule has 2 nitrogen and oxygen atoms in total. The third kappa shape index (κ3) is 0.998. The minimum absolute atomic E-state index is 0.209. The highest BCUT2D eigenvalue weighted by molar-refractivity contribution is 6.08. The van der Waals surface area contributed by atoms with Crippen molar-refractivity contribution >= 4 is 11.5 Å². The largest absolute Gasteiger partial charge is 0.377 e. The van der Waals surface area contributed by atoms with Crippen molar-refractivity contribution in [3.05, 3.63) is 29.3 Å². The van der Waals surface area contributed by atoms with Crippen LogP contribution in [0.25, 0.3) is 0 Å². The molecule has 0 atom stereocenters. The number of carbonyl (C=O) groups is 1. The SMILES string of the molecule is CCc1ccc2c(c1)C(=O)CN2. The number of ketones is 1. The van der Waals surface area contributed by atoms with Crippen molar-refractivity contribution in [3.63, 3.8) is 0 Å². The molecule has 0 aliphatic carbocycles.